The van der Waals surface area contributed by atoms with Crippen LogP contribution in [0.15, 0.2) is 36.7 Å². The molecular formula is C13H16N2O. The molecule has 0 radical (unpaired) electrons. The van der Waals surface area contributed by atoms with E-state index in [-0.39, 0.29) is 5.91 Å². The van der Waals surface area contributed by atoms with Crippen LogP contribution in [-0.4, -0.2) is 10.9 Å². The molecule has 0 bridgehead atoms. The van der Waals surface area contributed by atoms with Gasteiger partial charge in [-0.1, -0.05) is 13.5 Å². The Bertz CT molecular complexity index is 406. The van der Waals surface area contributed by atoms with Crippen molar-refractivity contribution in [3.05, 3.63) is 48.0 Å². The lowest BCUT2D eigenvalue weighted by Gasteiger charge is -2.04. The van der Waals surface area contributed by atoms with Crippen molar-refractivity contribution in [3.63, 3.8) is 0 Å². The highest BCUT2D eigenvalue weighted by Gasteiger charge is 2.00. The van der Waals surface area contributed by atoms with E-state index in [0.29, 0.717) is 13.0 Å². The van der Waals surface area contributed by atoms with Gasteiger partial charge in [0.1, 0.15) is 0 Å². The van der Waals surface area contributed by atoms with Crippen LogP contribution in [0.25, 0.3) is 0 Å². The lowest BCUT2D eigenvalue weighted by atomic mass is 10.2. The van der Waals surface area contributed by atoms with Gasteiger partial charge >= 0.3 is 0 Å². The molecule has 0 saturated heterocycles. The molecule has 0 aromatic carbocycles. The van der Waals surface area contributed by atoms with Gasteiger partial charge in [0.15, 0.2) is 0 Å². The maximum absolute atomic E-state index is 11.3. The predicted molar refractivity (Wildman–Crippen MR) is 63.8 cm³/mol. The molecule has 0 atom stereocenters. The minimum absolute atomic E-state index is 0.0418. The Morgan fingerprint density at radius 3 is 3.19 bits per heavy atom. The fraction of sp³-hybridized carbons (Fsp3) is 0.308. The first kappa shape index (κ1) is 12.2. The molecule has 0 fully saturated rings. The van der Waals surface area contributed by atoms with Gasteiger partial charge in [0.05, 0.1) is 18.7 Å². The Morgan fingerprint density at radius 1 is 1.69 bits per heavy atom. The molecule has 1 rings (SSSR count). The first-order valence-electron chi connectivity index (χ1n) is 5.31. The third-order valence-corrected chi connectivity index (χ3v) is 2.19. The van der Waals surface area contributed by atoms with E-state index in [1.54, 1.807) is 12.3 Å². The lowest BCUT2D eigenvalue weighted by Crippen LogP contribution is -2.22. The third-order valence-electron chi connectivity index (χ3n) is 2.19. The van der Waals surface area contributed by atoms with Gasteiger partial charge in [-0.2, -0.15) is 0 Å². The van der Waals surface area contributed by atoms with Crippen molar-refractivity contribution in [1.29, 1.82) is 0 Å². The highest BCUT2D eigenvalue weighted by molar-refractivity contribution is 5.77. The lowest BCUT2D eigenvalue weighted by molar-refractivity contribution is -0.120. The summed E-state index contributed by atoms with van der Waals surface area (Å²) in [5.74, 6) is -0.0418. The number of amides is 1. The van der Waals surface area contributed by atoms with E-state index in [2.05, 4.69) is 29.5 Å². The fourth-order valence-electron chi connectivity index (χ4n) is 1.27. The third kappa shape index (κ3) is 4.11. The van der Waals surface area contributed by atoms with E-state index in [1.165, 1.54) is 5.56 Å². The molecular weight excluding hydrogens is 200 g/mol. The van der Waals surface area contributed by atoms with Crippen molar-refractivity contribution < 1.29 is 4.79 Å². The Morgan fingerprint density at radius 2 is 2.50 bits per heavy atom. The van der Waals surface area contributed by atoms with Crippen molar-refractivity contribution in [3.8, 4) is 0 Å². The highest BCUT2D eigenvalue weighted by Crippen LogP contribution is 2.02. The smallest absolute Gasteiger partial charge is 0.224 e. The van der Waals surface area contributed by atoms with E-state index in [0.717, 1.165) is 12.1 Å². The molecule has 0 aliphatic rings. The van der Waals surface area contributed by atoms with Crippen LogP contribution in [0.2, 0.25) is 0 Å². The van der Waals surface area contributed by atoms with Crippen LogP contribution >= 0.6 is 0 Å². The van der Waals surface area contributed by atoms with Gasteiger partial charge in [-0.25, -0.2) is 0 Å². The average molecular weight is 216 g/mol. The van der Waals surface area contributed by atoms with Crippen LogP contribution < -0.4 is 5.32 Å². The van der Waals surface area contributed by atoms with Crippen LogP contribution in [0, 0.1) is 0 Å². The SMILES string of the molecule is C=C=CCC(=O)NCc1cc(CC)ccn1. The summed E-state index contributed by atoms with van der Waals surface area (Å²) in [6.45, 7) is 5.96. The summed E-state index contributed by atoms with van der Waals surface area (Å²) in [6, 6.07) is 3.98. The molecule has 1 N–H and O–H groups in total. The first-order chi connectivity index (χ1) is 7.76. The number of carbonyl (C=O) groups is 1. The zero-order valence-electron chi connectivity index (χ0n) is 9.49. The summed E-state index contributed by atoms with van der Waals surface area (Å²) in [5.41, 5.74) is 4.68. The van der Waals surface area contributed by atoms with Gasteiger partial charge in [-0.15, -0.1) is 5.73 Å². The second kappa shape index (κ2) is 6.59. The monoisotopic (exact) mass is 216 g/mol. The quantitative estimate of drug-likeness (QED) is 0.765. The minimum Gasteiger partial charge on any atom is -0.350 e. The van der Waals surface area contributed by atoms with Crippen molar-refractivity contribution in [2.75, 3.05) is 0 Å². The van der Waals surface area contributed by atoms with E-state index in [4.69, 9.17) is 0 Å². The Kier molecular flexibility index (Phi) is 5.03. The summed E-state index contributed by atoms with van der Waals surface area (Å²) in [6.07, 6.45) is 4.66. The number of nitrogens with one attached hydrogen (secondary N) is 1. The largest absolute Gasteiger partial charge is 0.350 e. The summed E-state index contributed by atoms with van der Waals surface area (Å²) in [7, 11) is 0. The second-order valence-electron chi connectivity index (χ2n) is 3.40. The standard InChI is InChI=1S/C13H16N2O/c1-3-5-6-13(16)15-10-12-9-11(4-2)7-8-14-12/h5,7-9H,1,4,6,10H2,2H3,(H,15,16). The van der Waals surface area contributed by atoms with Crippen molar-refractivity contribution >= 4 is 5.91 Å². The van der Waals surface area contributed by atoms with Crippen molar-refractivity contribution in [2.45, 2.75) is 26.3 Å². The molecule has 1 aromatic rings. The number of aromatic nitrogens is 1. The summed E-state index contributed by atoms with van der Waals surface area (Å²) >= 11 is 0. The molecule has 1 amide bonds. The van der Waals surface area contributed by atoms with Gasteiger partial charge in [0.2, 0.25) is 5.91 Å². The zero-order valence-corrected chi connectivity index (χ0v) is 9.49. The molecule has 0 aliphatic carbocycles. The molecule has 0 saturated carbocycles. The highest BCUT2D eigenvalue weighted by atomic mass is 16.1. The Labute approximate surface area is 95.9 Å². The number of hydrogen-bond donors (Lipinski definition) is 1. The molecule has 0 unspecified atom stereocenters. The topological polar surface area (TPSA) is 42.0 Å². The van der Waals surface area contributed by atoms with Crippen LogP contribution in [-0.2, 0) is 17.8 Å². The molecule has 3 heteroatoms. The van der Waals surface area contributed by atoms with E-state index in [9.17, 15) is 4.79 Å². The van der Waals surface area contributed by atoms with E-state index < -0.39 is 0 Å². The van der Waals surface area contributed by atoms with Crippen LogP contribution in [0.5, 0.6) is 0 Å². The molecule has 84 valence electrons. The van der Waals surface area contributed by atoms with Crippen molar-refractivity contribution in [2.24, 2.45) is 0 Å². The second-order valence-corrected chi connectivity index (χ2v) is 3.40. The van der Waals surface area contributed by atoms with E-state index >= 15 is 0 Å². The summed E-state index contributed by atoms with van der Waals surface area (Å²) in [4.78, 5) is 15.5. The molecule has 0 spiro atoms. The van der Waals surface area contributed by atoms with Crippen LogP contribution in [0.3, 0.4) is 0 Å². The number of rotatable bonds is 5. The fourth-order valence-corrected chi connectivity index (χ4v) is 1.27. The predicted octanol–water partition coefficient (Wildman–Crippen LogP) is 1.99. The number of nitrogens with zero attached hydrogens (tertiary/aromatic N) is 1. The van der Waals surface area contributed by atoms with Gasteiger partial charge < -0.3 is 5.32 Å². The molecule has 3 nitrogen and oxygen atoms in total. The van der Waals surface area contributed by atoms with E-state index in [1.807, 2.05) is 12.1 Å². The number of hydrogen-bond acceptors (Lipinski definition) is 2. The summed E-state index contributed by atoms with van der Waals surface area (Å²) in [5, 5.41) is 2.78. The normalized spacial score (nSPS) is 9.31. The maximum Gasteiger partial charge on any atom is 0.224 e. The molecule has 1 aromatic heterocycles. The van der Waals surface area contributed by atoms with Gasteiger partial charge in [0, 0.05) is 6.20 Å². The molecule has 16 heavy (non-hydrogen) atoms. The van der Waals surface area contributed by atoms with Gasteiger partial charge in [-0.3, -0.25) is 9.78 Å². The van der Waals surface area contributed by atoms with Crippen LogP contribution in [0.1, 0.15) is 24.6 Å². The Balaban J connectivity index is 2.47. The maximum atomic E-state index is 11.3. The number of carbonyl (C=O) groups excluding carboxylic acids is 1. The number of pyridine rings is 1. The van der Waals surface area contributed by atoms with Crippen molar-refractivity contribution in [1.82, 2.24) is 10.3 Å². The van der Waals surface area contributed by atoms with Crippen LogP contribution in [0.4, 0.5) is 0 Å². The zero-order chi connectivity index (χ0) is 11.8. The van der Waals surface area contributed by atoms with Gasteiger partial charge in [-0.05, 0) is 30.2 Å². The average Bonchev–Trinajstić information content (AvgIpc) is 2.34. The van der Waals surface area contributed by atoms with Gasteiger partial charge in [0.25, 0.3) is 0 Å². The molecule has 0 aliphatic heterocycles. The number of aryl methyl sites for hydroxylation is 1. The Hall–Kier alpha value is -1.86. The minimum atomic E-state index is -0.0418. The summed E-state index contributed by atoms with van der Waals surface area (Å²) < 4.78 is 0. The first-order valence-corrected chi connectivity index (χ1v) is 5.31. The molecule has 1 heterocycles.